The standard InChI is InChI=1S/C13H15N3O3S/c1-9(13-14-6-7-15-13)16-20(18,19)12-5-3-4-11(8-12)10(2)17/h3-9,16H,1-2H3,(H,14,15). The number of sulfonamides is 1. The molecule has 1 heterocycles. The molecule has 2 rings (SSSR count). The molecule has 0 radical (unpaired) electrons. The number of aromatic nitrogens is 2. The van der Waals surface area contributed by atoms with Crippen molar-refractivity contribution in [1.82, 2.24) is 14.7 Å². The number of H-pyrrole nitrogens is 1. The molecule has 2 aromatic rings. The number of Topliss-reactive ketones (excluding diaryl/α,β-unsaturated/α-hetero) is 1. The van der Waals surface area contributed by atoms with E-state index in [9.17, 15) is 13.2 Å². The zero-order chi connectivity index (χ0) is 14.8. The number of carbonyl (C=O) groups excluding carboxylic acids is 1. The molecule has 0 aliphatic rings. The summed E-state index contributed by atoms with van der Waals surface area (Å²) in [5.74, 6) is 0.345. The van der Waals surface area contributed by atoms with Gasteiger partial charge in [-0.25, -0.2) is 18.1 Å². The summed E-state index contributed by atoms with van der Waals surface area (Å²) in [5.41, 5.74) is 0.360. The van der Waals surface area contributed by atoms with Crippen LogP contribution >= 0.6 is 0 Å². The van der Waals surface area contributed by atoms with Gasteiger partial charge in [-0.15, -0.1) is 0 Å². The van der Waals surface area contributed by atoms with E-state index in [1.807, 2.05) is 0 Å². The van der Waals surface area contributed by atoms with E-state index in [1.165, 1.54) is 19.1 Å². The van der Waals surface area contributed by atoms with Gasteiger partial charge in [0.15, 0.2) is 5.78 Å². The third-order valence-corrected chi connectivity index (χ3v) is 4.35. The fourth-order valence-electron chi connectivity index (χ4n) is 1.75. The van der Waals surface area contributed by atoms with Gasteiger partial charge < -0.3 is 4.98 Å². The molecule has 106 valence electrons. The fourth-order valence-corrected chi connectivity index (χ4v) is 3.01. The molecule has 1 aromatic heterocycles. The van der Waals surface area contributed by atoms with Crippen LogP contribution in [0.3, 0.4) is 0 Å². The van der Waals surface area contributed by atoms with Gasteiger partial charge in [0.05, 0.1) is 10.9 Å². The molecule has 1 aromatic carbocycles. The van der Waals surface area contributed by atoms with E-state index in [4.69, 9.17) is 0 Å². The Balaban J connectivity index is 2.26. The van der Waals surface area contributed by atoms with Gasteiger partial charge in [0.2, 0.25) is 10.0 Å². The molecule has 2 N–H and O–H groups in total. The summed E-state index contributed by atoms with van der Waals surface area (Å²) >= 11 is 0. The van der Waals surface area contributed by atoms with E-state index < -0.39 is 16.1 Å². The normalized spacial score (nSPS) is 13.1. The Morgan fingerprint density at radius 2 is 2.15 bits per heavy atom. The first-order valence-electron chi connectivity index (χ1n) is 6.03. The van der Waals surface area contributed by atoms with E-state index in [0.717, 1.165) is 0 Å². The van der Waals surface area contributed by atoms with E-state index in [2.05, 4.69) is 14.7 Å². The molecular weight excluding hydrogens is 278 g/mol. The molecule has 0 saturated heterocycles. The number of hydrogen-bond acceptors (Lipinski definition) is 4. The van der Waals surface area contributed by atoms with Crippen molar-refractivity contribution < 1.29 is 13.2 Å². The minimum absolute atomic E-state index is 0.0589. The summed E-state index contributed by atoms with van der Waals surface area (Å²) in [4.78, 5) is 18.2. The molecule has 0 bridgehead atoms. The van der Waals surface area contributed by atoms with Gasteiger partial charge in [0.1, 0.15) is 5.82 Å². The Morgan fingerprint density at radius 3 is 2.75 bits per heavy atom. The molecule has 0 amide bonds. The maximum atomic E-state index is 12.2. The molecule has 0 aliphatic carbocycles. The average molecular weight is 293 g/mol. The maximum Gasteiger partial charge on any atom is 0.241 e. The van der Waals surface area contributed by atoms with Crippen LogP contribution in [-0.4, -0.2) is 24.2 Å². The number of nitrogens with one attached hydrogen (secondary N) is 2. The van der Waals surface area contributed by atoms with E-state index in [1.54, 1.807) is 31.5 Å². The van der Waals surface area contributed by atoms with Crippen LogP contribution in [0.2, 0.25) is 0 Å². The summed E-state index contributed by atoms with van der Waals surface area (Å²) in [6.45, 7) is 3.08. The lowest BCUT2D eigenvalue weighted by Gasteiger charge is -2.12. The Morgan fingerprint density at radius 1 is 1.40 bits per heavy atom. The Hall–Kier alpha value is -1.99. The van der Waals surface area contributed by atoms with E-state index in [0.29, 0.717) is 11.4 Å². The van der Waals surface area contributed by atoms with Crippen LogP contribution in [0.1, 0.15) is 36.1 Å². The molecular formula is C13H15N3O3S. The van der Waals surface area contributed by atoms with Crippen LogP contribution in [0.15, 0.2) is 41.6 Å². The highest BCUT2D eigenvalue weighted by atomic mass is 32.2. The van der Waals surface area contributed by atoms with Crippen LogP contribution in [0.4, 0.5) is 0 Å². The molecule has 0 spiro atoms. The van der Waals surface area contributed by atoms with Crippen molar-refractivity contribution in [3.05, 3.63) is 48.0 Å². The van der Waals surface area contributed by atoms with Gasteiger partial charge in [0.25, 0.3) is 0 Å². The lowest BCUT2D eigenvalue weighted by Crippen LogP contribution is -2.27. The first kappa shape index (κ1) is 14.4. The van der Waals surface area contributed by atoms with Crippen molar-refractivity contribution in [1.29, 1.82) is 0 Å². The number of ketones is 1. The molecule has 0 saturated carbocycles. The first-order chi connectivity index (χ1) is 9.40. The lowest BCUT2D eigenvalue weighted by atomic mass is 10.2. The predicted molar refractivity (Wildman–Crippen MR) is 73.8 cm³/mol. The number of benzene rings is 1. The van der Waals surface area contributed by atoms with Crippen LogP contribution in [0, 0.1) is 0 Å². The average Bonchev–Trinajstić information content (AvgIpc) is 2.92. The Kier molecular flexibility index (Phi) is 4.01. The highest BCUT2D eigenvalue weighted by molar-refractivity contribution is 7.89. The van der Waals surface area contributed by atoms with Crippen LogP contribution < -0.4 is 4.72 Å². The smallest absolute Gasteiger partial charge is 0.241 e. The third kappa shape index (κ3) is 3.12. The van der Waals surface area contributed by atoms with Gasteiger partial charge in [-0.2, -0.15) is 0 Å². The molecule has 0 aliphatic heterocycles. The largest absolute Gasteiger partial charge is 0.347 e. The minimum Gasteiger partial charge on any atom is -0.347 e. The predicted octanol–water partition coefficient (Wildman–Crippen LogP) is 1.65. The third-order valence-electron chi connectivity index (χ3n) is 2.81. The van der Waals surface area contributed by atoms with Crippen molar-refractivity contribution in [3.63, 3.8) is 0 Å². The molecule has 1 unspecified atom stereocenters. The Bertz CT molecular complexity index is 708. The van der Waals surface area contributed by atoms with Crippen LogP contribution in [-0.2, 0) is 10.0 Å². The Labute approximate surface area is 117 Å². The highest BCUT2D eigenvalue weighted by Crippen LogP contribution is 2.15. The number of aromatic amines is 1. The molecule has 6 nitrogen and oxygen atoms in total. The fraction of sp³-hybridized carbons (Fsp3) is 0.231. The van der Waals surface area contributed by atoms with Crippen molar-refractivity contribution in [2.45, 2.75) is 24.8 Å². The molecule has 0 fully saturated rings. The summed E-state index contributed by atoms with van der Waals surface area (Å²) < 4.78 is 27.0. The summed E-state index contributed by atoms with van der Waals surface area (Å²) in [5, 5.41) is 0. The topological polar surface area (TPSA) is 91.9 Å². The second kappa shape index (κ2) is 5.56. The van der Waals surface area contributed by atoms with Gasteiger partial charge in [-0.3, -0.25) is 4.79 Å². The maximum absolute atomic E-state index is 12.2. The number of rotatable bonds is 5. The molecule has 1 atom stereocenters. The van der Waals surface area contributed by atoms with Gasteiger partial charge in [-0.05, 0) is 26.0 Å². The van der Waals surface area contributed by atoms with Crippen molar-refractivity contribution >= 4 is 15.8 Å². The minimum atomic E-state index is -3.70. The monoisotopic (exact) mass is 293 g/mol. The van der Waals surface area contributed by atoms with Crippen LogP contribution in [0.25, 0.3) is 0 Å². The van der Waals surface area contributed by atoms with Gasteiger partial charge in [-0.1, -0.05) is 12.1 Å². The number of imidazole rings is 1. The molecule has 7 heteroatoms. The number of carbonyl (C=O) groups is 1. The number of hydrogen-bond donors (Lipinski definition) is 2. The van der Waals surface area contributed by atoms with Crippen LogP contribution in [0.5, 0.6) is 0 Å². The first-order valence-corrected chi connectivity index (χ1v) is 7.51. The SMILES string of the molecule is CC(=O)c1cccc(S(=O)(=O)NC(C)c2ncc[nH]2)c1. The highest BCUT2D eigenvalue weighted by Gasteiger charge is 2.20. The molecule has 20 heavy (non-hydrogen) atoms. The van der Waals surface area contributed by atoms with E-state index in [-0.39, 0.29) is 10.7 Å². The number of nitrogens with zero attached hydrogens (tertiary/aromatic N) is 1. The van der Waals surface area contributed by atoms with Crippen molar-refractivity contribution in [3.8, 4) is 0 Å². The second-order valence-electron chi connectivity index (χ2n) is 4.40. The quantitative estimate of drug-likeness (QED) is 0.820. The summed E-state index contributed by atoms with van der Waals surface area (Å²) in [7, 11) is -3.70. The zero-order valence-corrected chi connectivity index (χ0v) is 11.9. The second-order valence-corrected chi connectivity index (χ2v) is 6.12. The van der Waals surface area contributed by atoms with E-state index >= 15 is 0 Å². The zero-order valence-electron chi connectivity index (χ0n) is 11.1. The summed E-state index contributed by atoms with van der Waals surface area (Å²) in [6.07, 6.45) is 3.17. The summed E-state index contributed by atoms with van der Waals surface area (Å²) in [6, 6.07) is 5.44. The van der Waals surface area contributed by atoms with Gasteiger partial charge in [0, 0.05) is 18.0 Å². The van der Waals surface area contributed by atoms with Crippen molar-refractivity contribution in [2.24, 2.45) is 0 Å². The van der Waals surface area contributed by atoms with Gasteiger partial charge >= 0.3 is 0 Å². The lowest BCUT2D eigenvalue weighted by molar-refractivity contribution is 0.101. The van der Waals surface area contributed by atoms with Crippen molar-refractivity contribution in [2.75, 3.05) is 0 Å².